The molecule has 88 valence electrons. The van der Waals surface area contributed by atoms with E-state index in [-0.39, 0.29) is 5.54 Å². The lowest BCUT2D eigenvalue weighted by molar-refractivity contribution is -0.139. The second kappa shape index (κ2) is 3.58. The van der Waals surface area contributed by atoms with Crippen LogP contribution in [0.3, 0.4) is 0 Å². The number of fused-ring (bicyclic) bond motifs is 1. The highest BCUT2D eigenvalue weighted by Gasteiger charge is 2.37. The first kappa shape index (κ1) is 11.6. The van der Waals surface area contributed by atoms with E-state index < -0.39 is 11.7 Å². The first-order valence-corrected chi connectivity index (χ1v) is 5.89. The maximum absolute atomic E-state index is 12.7. The van der Waals surface area contributed by atoms with Gasteiger partial charge in [-0.05, 0) is 26.0 Å². The van der Waals surface area contributed by atoms with Crippen LogP contribution in [0.2, 0.25) is 0 Å². The molecule has 0 spiro atoms. The molecule has 0 saturated heterocycles. The fourth-order valence-corrected chi connectivity index (χ4v) is 2.86. The van der Waals surface area contributed by atoms with E-state index in [2.05, 4.69) is 5.32 Å². The fourth-order valence-electron chi connectivity index (χ4n) is 1.67. The molecule has 0 saturated carbocycles. The number of hydrogen-bond donors (Lipinski definition) is 1. The number of rotatable bonds is 0. The third-order valence-electron chi connectivity index (χ3n) is 2.37. The average molecular weight is 247 g/mol. The lowest BCUT2D eigenvalue weighted by atomic mass is 10.1. The van der Waals surface area contributed by atoms with Crippen molar-refractivity contribution < 1.29 is 13.2 Å². The van der Waals surface area contributed by atoms with Crippen LogP contribution in [-0.2, 0) is 6.18 Å². The van der Waals surface area contributed by atoms with E-state index in [9.17, 15) is 13.2 Å². The Morgan fingerprint density at radius 3 is 2.62 bits per heavy atom. The summed E-state index contributed by atoms with van der Waals surface area (Å²) in [6.07, 6.45) is -4.28. The summed E-state index contributed by atoms with van der Waals surface area (Å²) >= 11 is 1.27. The summed E-state index contributed by atoms with van der Waals surface area (Å²) in [4.78, 5) is 0.314. The minimum atomic E-state index is -4.28. The van der Waals surface area contributed by atoms with Gasteiger partial charge in [-0.15, -0.1) is 11.8 Å². The maximum Gasteiger partial charge on any atom is 0.417 e. The van der Waals surface area contributed by atoms with Gasteiger partial charge in [-0.3, -0.25) is 0 Å². The van der Waals surface area contributed by atoms with Crippen molar-refractivity contribution in [1.29, 1.82) is 0 Å². The highest BCUT2D eigenvalue weighted by molar-refractivity contribution is 7.99. The summed E-state index contributed by atoms with van der Waals surface area (Å²) < 4.78 is 38.2. The molecule has 2 rings (SSSR count). The van der Waals surface area contributed by atoms with Crippen LogP contribution in [0.25, 0.3) is 0 Å². The second-order valence-corrected chi connectivity index (χ2v) is 5.46. The monoisotopic (exact) mass is 247 g/mol. The van der Waals surface area contributed by atoms with E-state index in [0.717, 1.165) is 6.07 Å². The molecule has 1 N–H and O–H groups in total. The van der Waals surface area contributed by atoms with Crippen molar-refractivity contribution in [2.75, 3.05) is 11.1 Å². The van der Waals surface area contributed by atoms with Crippen LogP contribution in [0.4, 0.5) is 18.9 Å². The molecule has 5 heteroatoms. The number of anilines is 1. The minimum absolute atomic E-state index is 0.165. The number of hydrogen-bond acceptors (Lipinski definition) is 2. The summed E-state index contributed by atoms with van der Waals surface area (Å²) in [5.74, 6) is 0.632. The van der Waals surface area contributed by atoms with Gasteiger partial charge in [-0.25, -0.2) is 0 Å². The number of thioether (sulfide) groups is 1. The van der Waals surface area contributed by atoms with Crippen molar-refractivity contribution >= 4 is 17.4 Å². The Balaban J connectivity index is 2.47. The highest BCUT2D eigenvalue weighted by atomic mass is 32.2. The van der Waals surface area contributed by atoms with Crippen LogP contribution in [0.15, 0.2) is 23.1 Å². The van der Waals surface area contributed by atoms with Gasteiger partial charge in [0.1, 0.15) is 0 Å². The molecule has 1 heterocycles. The summed E-state index contributed by atoms with van der Waals surface area (Å²) in [5, 5.41) is 3.13. The van der Waals surface area contributed by atoms with Crippen molar-refractivity contribution in [2.24, 2.45) is 0 Å². The minimum Gasteiger partial charge on any atom is -0.378 e. The van der Waals surface area contributed by atoms with Gasteiger partial charge in [-0.2, -0.15) is 13.2 Å². The Morgan fingerprint density at radius 1 is 1.31 bits per heavy atom. The number of nitrogens with one attached hydrogen (secondary N) is 1. The van der Waals surface area contributed by atoms with Crippen LogP contribution in [0, 0.1) is 0 Å². The molecule has 1 aliphatic heterocycles. The first-order chi connectivity index (χ1) is 7.30. The van der Waals surface area contributed by atoms with Crippen LogP contribution in [0.5, 0.6) is 0 Å². The number of benzene rings is 1. The molecule has 1 nitrogen and oxygen atoms in total. The van der Waals surface area contributed by atoms with Crippen LogP contribution in [0.1, 0.15) is 19.4 Å². The van der Waals surface area contributed by atoms with E-state index in [1.165, 1.54) is 17.8 Å². The van der Waals surface area contributed by atoms with Crippen molar-refractivity contribution in [1.82, 2.24) is 0 Å². The van der Waals surface area contributed by atoms with Crippen LogP contribution in [-0.4, -0.2) is 11.3 Å². The van der Waals surface area contributed by atoms with Gasteiger partial charge in [-0.1, -0.05) is 6.07 Å². The van der Waals surface area contributed by atoms with Crippen LogP contribution < -0.4 is 5.32 Å². The van der Waals surface area contributed by atoms with E-state index in [4.69, 9.17) is 0 Å². The SMILES string of the molecule is CC1(C)CSc2c(cccc2C(F)(F)F)N1. The molecule has 0 fully saturated rings. The molecule has 0 atom stereocenters. The normalized spacial score (nSPS) is 18.8. The van der Waals surface area contributed by atoms with Crippen molar-refractivity contribution in [3.63, 3.8) is 0 Å². The third-order valence-corrected chi connectivity index (χ3v) is 3.97. The molecule has 0 aromatic heterocycles. The van der Waals surface area contributed by atoms with Gasteiger partial charge in [0.25, 0.3) is 0 Å². The third kappa shape index (κ3) is 2.14. The average Bonchev–Trinajstić information content (AvgIpc) is 2.13. The lowest BCUT2D eigenvalue weighted by Crippen LogP contribution is -2.36. The summed E-state index contributed by atoms with van der Waals surface area (Å²) in [5.41, 5.74) is -0.129. The van der Waals surface area contributed by atoms with Crippen LogP contribution >= 0.6 is 11.8 Å². The Hall–Kier alpha value is -0.840. The molecule has 1 aromatic carbocycles. The molecule has 0 unspecified atom stereocenters. The summed E-state index contributed by atoms with van der Waals surface area (Å²) in [6, 6.07) is 4.26. The molecular formula is C11H12F3NS. The fraction of sp³-hybridized carbons (Fsp3) is 0.455. The van der Waals surface area contributed by atoms with Gasteiger partial charge >= 0.3 is 6.18 Å². The quantitative estimate of drug-likeness (QED) is 0.743. The summed E-state index contributed by atoms with van der Waals surface area (Å²) in [6.45, 7) is 3.95. The van der Waals surface area contributed by atoms with E-state index in [0.29, 0.717) is 16.3 Å². The Bertz CT molecular complexity index is 412. The number of alkyl halides is 3. The Morgan fingerprint density at radius 2 is 2.00 bits per heavy atom. The zero-order valence-electron chi connectivity index (χ0n) is 8.98. The molecule has 0 aliphatic carbocycles. The number of halogens is 3. The molecule has 0 radical (unpaired) electrons. The smallest absolute Gasteiger partial charge is 0.378 e. The van der Waals surface area contributed by atoms with Crippen molar-refractivity contribution in [3.8, 4) is 0 Å². The predicted molar refractivity (Wildman–Crippen MR) is 59.9 cm³/mol. The highest BCUT2D eigenvalue weighted by Crippen LogP contribution is 2.44. The first-order valence-electron chi connectivity index (χ1n) is 4.91. The Kier molecular flexibility index (Phi) is 2.61. The molecule has 0 bridgehead atoms. The lowest BCUT2D eigenvalue weighted by Gasteiger charge is -2.34. The predicted octanol–water partition coefficient (Wildman–Crippen LogP) is 4.00. The van der Waals surface area contributed by atoms with E-state index in [1.807, 2.05) is 13.8 Å². The van der Waals surface area contributed by atoms with Crippen molar-refractivity contribution in [2.45, 2.75) is 30.5 Å². The zero-order valence-corrected chi connectivity index (χ0v) is 9.80. The van der Waals surface area contributed by atoms with E-state index in [1.54, 1.807) is 6.07 Å². The molecule has 0 amide bonds. The van der Waals surface area contributed by atoms with Crippen molar-refractivity contribution in [3.05, 3.63) is 23.8 Å². The molecule has 16 heavy (non-hydrogen) atoms. The molecular weight excluding hydrogens is 235 g/mol. The standard InChI is InChI=1S/C11H12F3NS/c1-10(2)6-16-9-7(11(12,13)14)4-3-5-8(9)15-10/h3-5,15H,6H2,1-2H3. The molecule has 1 aromatic rings. The molecule has 1 aliphatic rings. The zero-order chi connectivity index (χ0) is 12.0. The maximum atomic E-state index is 12.7. The second-order valence-electron chi connectivity index (χ2n) is 4.48. The van der Waals surface area contributed by atoms with Gasteiger partial charge in [0, 0.05) is 21.9 Å². The van der Waals surface area contributed by atoms with Gasteiger partial charge in [0.05, 0.1) is 5.56 Å². The van der Waals surface area contributed by atoms with Gasteiger partial charge in [0.15, 0.2) is 0 Å². The summed E-state index contributed by atoms with van der Waals surface area (Å²) in [7, 11) is 0. The van der Waals surface area contributed by atoms with Gasteiger partial charge in [0.2, 0.25) is 0 Å². The van der Waals surface area contributed by atoms with E-state index >= 15 is 0 Å². The topological polar surface area (TPSA) is 12.0 Å². The Labute approximate surface area is 96.4 Å². The largest absolute Gasteiger partial charge is 0.417 e. The van der Waals surface area contributed by atoms with Gasteiger partial charge < -0.3 is 5.32 Å².